The first kappa shape index (κ1) is 17.0. The van der Waals surface area contributed by atoms with Gasteiger partial charge in [0.15, 0.2) is 0 Å². The monoisotopic (exact) mass is 354 g/mol. The summed E-state index contributed by atoms with van der Waals surface area (Å²) in [6, 6.07) is 17.3. The highest BCUT2D eigenvalue weighted by molar-refractivity contribution is 6.31. The van der Waals surface area contributed by atoms with Crippen LogP contribution in [0.5, 0.6) is 5.75 Å². The zero-order valence-corrected chi connectivity index (χ0v) is 14.6. The van der Waals surface area contributed by atoms with E-state index in [1.165, 1.54) is 6.33 Å². The van der Waals surface area contributed by atoms with Crippen LogP contribution in [0.15, 0.2) is 60.9 Å². The van der Waals surface area contributed by atoms with Crippen LogP contribution in [0.4, 0.5) is 17.3 Å². The molecule has 3 rings (SSSR count). The second-order valence-electron chi connectivity index (χ2n) is 5.32. The van der Waals surface area contributed by atoms with Gasteiger partial charge in [0.25, 0.3) is 0 Å². The second-order valence-corrected chi connectivity index (χ2v) is 5.72. The predicted molar refractivity (Wildman–Crippen MR) is 102 cm³/mol. The van der Waals surface area contributed by atoms with Crippen molar-refractivity contribution in [3.05, 3.63) is 71.5 Å². The Morgan fingerprint density at radius 3 is 2.52 bits per heavy atom. The van der Waals surface area contributed by atoms with E-state index in [1.807, 2.05) is 61.5 Å². The van der Waals surface area contributed by atoms with E-state index in [4.69, 9.17) is 16.3 Å². The highest BCUT2D eigenvalue weighted by atomic mass is 35.5. The van der Waals surface area contributed by atoms with Gasteiger partial charge in [0.1, 0.15) is 23.7 Å². The van der Waals surface area contributed by atoms with Crippen LogP contribution in [0.1, 0.15) is 12.5 Å². The zero-order chi connectivity index (χ0) is 17.5. The Bertz CT molecular complexity index is 824. The number of ether oxygens (including phenoxy) is 1. The Morgan fingerprint density at radius 2 is 1.76 bits per heavy atom. The van der Waals surface area contributed by atoms with Crippen molar-refractivity contribution in [2.24, 2.45) is 0 Å². The van der Waals surface area contributed by atoms with Crippen molar-refractivity contribution < 1.29 is 4.74 Å². The summed E-state index contributed by atoms with van der Waals surface area (Å²) in [4.78, 5) is 8.49. The molecule has 5 nitrogen and oxygen atoms in total. The average molecular weight is 355 g/mol. The van der Waals surface area contributed by atoms with Gasteiger partial charge in [-0.15, -0.1) is 0 Å². The molecule has 3 aromatic rings. The zero-order valence-electron chi connectivity index (χ0n) is 13.9. The number of nitrogens with one attached hydrogen (secondary N) is 2. The van der Waals surface area contributed by atoms with Crippen LogP contribution in [-0.2, 0) is 6.54 Å². The summed E-state index contributed by atoms with van der Waals surface area (Å²) in [6.07, 6.45) is 1.52. The smallest absolute Gasteiger partial charge is 0.135 e. The van der Waals surface area contributed by atoms with Crippen LogP contribution in [0.2, 0.25) is 5.02 Å². The van der Waals surface area contributed by atoms with Crippen LogP contribution in [0.3, 0.4) is 0 Å². The van der Waals surface area contributed by atoms with Crippen LogP contribution < -0.4 is 15.4 Å². The van der Waals surface area contributed by atoms with Gasteiger partial charge < -0.3 is 15.4 Å². The molecule has 0 aliphatic heterocycles. The minimum Gasteiger partial charge on any atom is -0.494 e. The maximum atomic E-state index is 6.17. The summed E-state index contributed by atoms with van der Waals surface area (Å²) in [6.45, 7) is 3.21. The molecule has 2 aromatic carbocycles. The molecule has 6 heteroatoms. The molecule has 0 aliphatic rings. The Morgan fingerprint density at radius 1 is 1.00 bits per heavy atom. The predicted octanol–water partition coefficient (Wildman–Crippen LogP) is 4.88. The summed E-state index contributed by atoms with van der Waals surface area (Å²) in [5, 5.41) is 7.24. The molecule has 0 spiro atoms. The fourth-order valence-corrected chi connectivity index (χ4v) is 2.50. The SMILES string of the molecule is CCOc1ccc(Nc2cc(NCc3ccccc3Cl)ncn2)cc1. The Kier molecular flexibility index (Phi) is 5.69. The van der Waals surface area contributed by atoms with Crippen molar-refractivity contribution in [2.45, 2.75) is 13.5 Å². The molecule has 25 heavy (non-hydrogen) atoms. The molecule has 0 fully saturated rings. The number of anilines is 3. The number of nitrogens with zero attached hydrogens (tertiary/aromatic N) is 2. The van der Waals surface area contributed by atoms with Gasteiger partial charge >= 0.3 is 0 Å². The van der Waals surface area contributed by atoms with E-state index >= 15 is 0 Å². The quantitative estimate of drug-likeness (QED) is 0.633. The van der Waals surface area contributed by atoms with E-state index in [2.05, 4.69) is 20.6 Å². The minimum absolute atomic E-state index is 0.596. The molecule has 0 unspecified atom stereocenters. The van der Waals surface area contributed by atoms with Crippen molar-refractivity contribution in [2.75, 3.05) is 17.2 Å². The molecule has 2 N–H and O–H groups in total. The summed E-state index contributed by atoms with van der Waals surface area (Å²) < 4.78 is 5.44. The van der Waals surface area contributed by atoms with Gasteiger partial charge in [0.05, 0.1) is 6.61 Å². The van der Waals surface area contributed by atoms with Crippen molar-refractivity contribution in [3.63, 3.8) is 0 Å². The fraction of sp³-hybridized carbons (Fsp3) is 0.158. The fourth-order valence-electron chi connectivity index (χ4n) is 2.30. The second kappa shape index (κ2) is 8.35. The Balaban J connectivity index is 1.64. The third kappa shape index (κ3) is 4.84. The lowest BCUT2D eigenvalue weighted by molar-refractivity contribution is 0.340. The van der Waals surface area contributed by atoms with E-state index in [1.54, 1.807) is 0 Å². The normalized spacial score (nSPS) is 10.3. The summed E-state index contributed by atoms with van der Waals surface area (Å²) in [7, 11) is 0. The minimum atomic E-state index is 0.596. The highest BCUT2D eigenvalue weighted by Crippen LogP contribution is 2.21. The maximum absolute atomic E-state index is 6.17. The van der Waals surface area contributed by atoms with Crippen LogP contribution >= 0.6 is 11.6 Å². The highest BCUT2D eigenvalue weighted by Gasteiger charge is 2.02. The van der Waals surface area contributed by atoms with Crippen molar-refractivity contribution in [1.29, 1.82) is 0 Å². The van der Waals surface area contributed by atoms with Gasteiger partial charge in [-0.3, -0.25) is 0 Å². The van der Waals surface area contributed by atoms with E-state index in [-0.39, 0.29) is 0 Å². The Labute approximate surface area is 152 Å². The number of aromatic nitrogens is 2. The number of benzene rings is 2. The summed E-state index contributed by atoms with van der Waals surface area (Å²) >= 11 is 6.17. The van der Waals surface area contributed by atoms with Gasteiger partial charge in [-0.1, -0.05) is 29.8 Å². The van der Waals surface area contributed by atoms with Crippen LogP contribution in [0, 0.1) is 0 Å². The van der Waals surface area contributed by atoms with Crippen LogP contribution in [0.25, 0.3) is 0 Å². The first-order valence-electron chi connectivity index (χ1n) is 8.04. The van der Waals surface area contributed by atoms with Crippen molar-refractivity contribution >= 4 is 28.9 Å². The van der Waals surface area contributed by atoms with Gasteiger partial charge in [-0.05, 0) is 42.8 Å². The van der Waals surface area contributed by atoms with Gasteiger partial charge in [0, 0.05) is 23.3 Å². The van der Waals surface area contributed by atoms with Crippen molar-refractivity contribution in [1.82, 2.24) is 9.97 Å². The molecule has 1 heterocycles. The number of halogens is 1. The molecule has 0 atom stereocenters. The molecule has 0 aliphatic carbocycles. The number of rotatable bonds is 7. The number of hydrogen-bond acceptors (Lipinski definition) is 5. The van der Waals surface area contributed by atoms with Gasteiger partial charge in [0.2, 0.25) is 0 Å². The molecule has 0 saturated heterocycles. The standard InChI is InChI=1S/C19H19ClN4O/c1-2-25-16-9-7-15(8-10-16)24-19-11-18(22-13-23-19)21-12-14-5-3-4-6-17(14)20/h3-11,13H,2,12H2,1H3,(H2,21,22,23,24). The molecule has 0 saturated carbocycles. The summed E-state index contributed by atoms with van der Waals surface area (Å²) in [5.41, 5.74) is 1.95. The van der Waals surface area contributed by atoms with Gasteiger partial charge in [-0.2, -0.15) is 0 Å². The largest absolute Gasteiger partial charge is 0.494 e. The molecular formula is C19H19ClN4O. The molecule has 0 bridgehead atoms. The van der Waals surface area contributed by atoms with Crippen molar-refractivity contribution in [3.8, 4) is 5.75 Å². The lowest BCUT2D eigenvalue weighted by Gasteiger charge is -2.10. The number of hydrogen-bond donors (Lipinski definition) is 2. The molecular weight excluding hydrogens is 336 g/mol. The molecule has 128 valence electrons. The van der Waals surface area contributed by atoms with E-state index in [9.17, 15) is 0 Å². The lowest BCUT2D eigenvalue weighted by Crippen LogP contribution is -2.03. The Hall–Kier alpha value is -2.79. The van der Waals surface area contributed by atoms with Crippen LogP contribution in [-0.4, -0.2) is 16.6 Å². The molecule has 1 aromatic heterocycles. The first-order valence-corrected chi connectivity index (χ1v) is 8.41. The van der Waals surface area contributed by atoms with E-state index < -0.39 is 0 Å². The third-order valence-electron chi connectivity index (χ3n) is 3.52. The molecule has 0 radical (unpaired) electrons. The average Bonchev–Trinajstić information content (AvgIpc) is 2.63. The first-order chi connectivity index (χ1) is 12.2. The van der Waals surface area contributed by atoms with E-state index in [0.717, 1.165) is 27.8 Å². The van der Waals surface area contributed by atoms with Gasteiger partial charge in [-0.25, -0.2) is 9.97 Å². The summed E-state index contributed by atoms with van der Waals surface area (Å²) in [5.74, 6) is 2.28. The third-order valence-corrected chi connectivity index (χ3v) is 3.89. The topological polar surface area (TPSA) is 59.1 Å². The lowest BCUT2D eigenvalue weighted by atomic mass is 10.2. The van der Waals surface area contributed by atoms with E-state index in [0.29, 0.717) is 19.0 Å². The maximum Gasteiger partial charge on any atom is 0.135 e. The molecule has 0 amide bonds.